The molecule has 0 spiro atoms. The molecule has 0 aromatic carbocycles. The summed E-state index contributed by atoms with van der Waals surface area (Å²) < 4.78 is 4.48. The van der Waals surface area contributed by atoms with Crippen LogP contribution in [-0.2, 0) is 9.53 Å². The molecule has 6 nitrogen and oxygen atoms in total. The lowest BCUT2D eigenvalue weighted by Crippen LogP contribution is -2.22. The van der Waals surface area contributed by atoms with Gasteiger partial charge in [0.15, 0.2) is 0 Å². The number of nitrogens with zero attached hydrogens (tertiary/aromatic N) is 2. The lowest BCUT2D eigenvalue weighted by atomic mass is 10.2. The summed E-state index contributed by atoms with van der Waals surface area (Å²) in [6.45, 7) is 0.0461. The molecule has 0 atom stereocenters. The number of esters is 1. The zero-order valence-corrected chi connectivity index (χ0v) is 10.1. The smallest absolute Gasteiger partial charge is 0.325 e. The average Bonchev–Trinajstić information content (AvgIpc) is 2.35. The number of pyridine rings is 1. The van der Waals surface area contributed by atoms with E-state index >= 15 is 0 Å². The summed E-state index contributed by atoms with van der Waals surface area (Å²) in [4.78, 5) is 27.9. The number of rotatable bonds is 4. The van der Waals surface area contributed by atoms with E-state index in [1.165, 1.54) is 18.2 Å². The zero-order valence-electron chi connectivity index (χ0n) is 10.1. The second-order valence-corrected chi connectivity index (χ2v) is 3.56. The Labute approximate surface area is 99.6 Å². The maximum atomic E-state index is 11.6. The molecule has 0 fully saturated rings. The third-order valence-electron chi connectivity index (χ3n) is 2.06. The summed E-state index contributed by atoms with van der Waals surface area (Å²) in [5, 5.41) is 2.78. The van der Waals surface area contributed by atoms with Gasteiger partial charge in [0, 0.05) is 20.3 Å². The first-order valence-corrected chi connectivity index (χ1v) is 5.03. The van der Waals surface area contributed by atoms with Crippen molar-refractivity contribution in [2.45, 2.75) is 0 Å². The molecule has 0 saturated carbocycles. The van der Waals surface area contributed by atoms with Crippen LogP contribution in [0.5, 0.6) is 0 Å². The lowest BCUT2D eigenvalue weighted by molar-refractivity contribution is -0.138. The van der Waals surface area contributed by atoms with Crippen LogP contribution < -0.4 is 5.32 Å². The van der Waals surface area contributed by atoms with Gasteiger partial charge in [-0.1, -0.05) is 0 Å². The van der Waals surface area contributed by atoms with E-state index < -0.39 is 0 Å². The summed E-state index contributed by atoms with van der Waals surface area (Å²) in [7, 11) is 4.66. The van der Waals surface area contributed by atoms with Gasteiger partial charge < -0.3 is 15.0 Å². The topological polar surface area (TPSA) is 71.5 Å². The number of hydrogen-bond donors (Lipinski definition) is 1. The van der Waals surface area contributed by atoms with Crippen molar-refractivity contribution >= 4 is 17.7 Å². The van der Waals surface area contributed by atoms with Crippen LogP contribution in [0.3, 0.4) is 0 Å². The molecular formula is C11H15N3O3. The van der Waals surface area contributed by atoms with Crippen LogP contribution in [0.4, 0.5) is 5.82 Å². The van der Waals surface area contributed by atoms with E-state index in [-0.39, 0.29) is 18.4 Å². The second kappa shape index (κ2) is 5.83. The molecule has 0 radical (unpaired) electrons. The van der Waals surface area contributed by atoms with Crippen LogP contribution >= 0.6 is 0 Å². The number of anilines is 1. The van der Waals surface area contributed by atoms with Gasteiger partial charge in [-0.05, 0) is 12.1 Å². The summed E-state index contributed by atoms with van der Waals surface area (Å²) in [6, 6.07) is 3.29. The molecule has 17 heavy (non-hydrogen) atoms. The van der Waals surface area contributed by atoms with E-state index in [0.29, 0.717) is 11.4 Å². The van der Waals surface area contributed by atoms with Gasteiger partial charge in [-0.15, -0.1) is 0 Å². The van der Waals surface area contributed by atoms with Crippen molar-refractivity contribution in [1.82, 2.24) is 9.88 Å². The number of aromatic nitrogens is 1. The number of ether oxygens (including phenoxy) is 1. The van der Waals surface area contributed by atoms with Crippen molar-refractivity contribution < 1.29 is 14.3 Å². The van der Waals surface area contributed by atoms with Crippen LogP contribution in [0.15, 0.2) is 18.3 Å². The predicted molar refractivity (Wildman–Crippen MR) is 62.8 cm³/mol. The number of hydrogen-bond acceptors (Lipinski definition) is 5. The number of carbonyl (C=O) groups is 2. The van der Waals surface area contributed by atoms with Gasteiger partial charge in [-0.3, -0.25) is 9.59 Å². The molecule has 1 amide bonds. The van der Waals surface area contributed by atoms with E-state index in [9.17, 15) is 9.59 Å². The van der Waals surface area contributed by atoms with Crippen molar-refractivity contribution in [3.05, 3.63) is 23.9 Å². The van der Waals surface area contributed by atoms with Gasteiger partial charge in [0.25, 0.3) is 5.91 Å². The fourth-order valence-electron chi connectivity index (χ4n) is 1.12. The van der Waals surface area contributed by atoms with Gasteiger partial charge in [0.1, 0.15) is 12.4 Å². The summed E-state index contributed by atoms with van der Waals surface area (Å²) >= 11 is 0. The summed E-state index contributed by atoms with van der Waals surface area (Å²) in [5.41, 5.74) is 0.499. The first-order chi connectivity index (χ1) is 8.04. The Morgan fingerprint density at radius 3 is 2.59 bits per heavy atom. The zero-order chi connectivity index (χ0) is 12.8. The maximum Gasteiger partial charge on any atom is 0.325 e. The molecule has 0 aliphatic heterocycles. The fourth-order valence-corrected chi connectivity index (χ4v) is 1.12. The Kier molecular flexibility index (Phi) is 4.45. The van der Waals surface area contributed by atoms with E-state index in [0.717, 1.165) is 0 Å². The molecule has 1 heterocycles. The van der Waals surface area contributed by atoms with Gasteiger partial charge in [0.2, 0.25) is 0 Å². The van der Waals surface area contributed by atoms with E-state index in [1.807, 2.05) is 0 Å². The van der Waals surface area contributed by atoms with Crippen molar-refractivity contribution in [3.8, 4) is 0 Å². The Morgan fingerprint density at radius 2 is 2.12 bits per heavy atom. The Hall–Kier alpha value is -2.11. The average molecular weight is 237 g/mol. The third-order valence-corrected chi connectivity index (χ3v) is 2.06. The summed E-state index contributed by atoms with van der Waals surface area (Å²) in [6.07, 6.45) is 1.46. The molecule has 0 aliphatic rings. The van der Waals surface area contributed by atoms with Crippen LogP contribution in [0, 0.1) is 0 Å². The van der Waals surface area contributed by atoms with Crippen molar-refractivity contribution in [1.29, 1.82) is 0 Å². The highest BCUT2D eigenvalue weighted by Crippen LogP contribution is 2.06. The fraction of sp³-hybridized carbons (Fsp3) is 0.364. The van der Waals surface area contributed by atoms with Crippen molar-refractivity contribution in [2.75, 3.05) is 33.1 Å². The molecule has 1 N–H and O–H groups in total. The molecule has 6 heteroatoms. The molecule has 0 unspecified atom stereocenters. The minimum Gasteiger partial charge on any atom is -0.468 e. The Balaban J connectivity index is 2.62. The molecular weight excluding hydrogens is 222 g/mol. The quantitative estimate of drug-likeness (QED) is 0.766. The first kappa shape index (κ1) is 13.0. The Morgan fingerprint density at radius 1 is 1.41 bits per heavy atom. The Bertz CT molecular complexity index is 401. The number of amides is 1. The highest BCUT2D eigenvalue weighted by atomic mass is 16.5. The largest absolute Gasteiger partial charge is 0.468 e. The highest BCUT2D eigenvalue weighted by Gasteiger charge is 2.08. The van der Waals surface area contributed by atoms with E-state index in [1.54, 1.807) is 26.2 Å². The van der Waals surface area contributed by atoms with Crippen LogP contribution in [-0.4, -0.2) is 49.5 Å². The van der Waals surface area contributed by atoms with Crippen molar-refractivity contribution in [3.63, 3.8) is 0 Å². The minimum atomic E-state index is -0.375. The normalized spacial score (nSPS) is 9.59. The lowest BCUT2D eigenvalue weighted by Gasteiger charge is -2.10. The number of nitrogens with one attached hydrogen (secondary N) is 1. The minimum absolute atomic E-state index is 0.0461. The summed E-state index contributed by atoms with van der Waals surface area (Å²) in [5.74, 6) is 0.0305. The predicted octanol–water partition coefficient (Wildman–Crippen LogP) is 0.368. The number of methoxy groups -OCH3 is 1. The monoisotopic (exact) mass is 237 g/mol. The molecule has 1 rings (SSSR count). The van der Waals surface area contributed by atoms with Gasteiger partial charge in [-0.25, -0.2) is 4.98 Å². The first-order valence-electron chi connectivity index (χ1n) is 5.03. The standard InChI is InChI=1S/C11H15N3O3/c1-14(2)11(16)8-4-5-9(12-6-8)13-7-10(15)17-3/h4-6H,7H2,1-3H3,(H,12,13). The van der Waals surface area contributed by atoms with Crippen molar-refractivity contribution in [2.24, 2.45) is 0 Å². The van der Waals surface area contributed by atoms with Crippen LogP contribution in [0.25, 0.3) is 0 Å². The van der Waals surface area contributed by atoms with E-state index in [4.69, 9.17) is 0 Å². The van der Waals surface area contributed by atoms with Gasteiger partial charge >= 0.3 is 5.97 Å². The molecule has 0 bridgehead atoms. The molecule has 0 aliphatic carbocycles. The van der Waals surface area contributed by atoms with Crippen LogP contribution in [0.1, 0.15) is 10.4 Å². The molecule has 92 valence electrons. The van der Waals surface area contributed by atoms with E-state index in [2.05, 4.69) is 15.0 Å². The molecule has 0 saturated heterocycles. The second-order valence-electron chi connectivity index (χ2n) is 3.56. The highest BCUT2D eigenvalue weighted by molar-refractivity contribution is 5.93. The third kappa shape index (κ3) is 3.75. The van der Waals surface area contributed by atoms with Gasteiger partial charge in [-0.2, -0.15) is 0 Å². The maximum absolute atomic E-state index is 11.6. The number of carbonyl (C=O) groups excluding carboxylic acids is 2. The molecule has 1 aromatic rings. The van der Waals surface area contributed by atoms with Crippen LogP contribution in [0.2, 0.25) is 0 Å². The van der Waals surface area contributed by atoms with Gasteiger partial charge in [0.05, 0.1) is 12.7 Å². The molecule has 1 aromatic heterocycles. The SMILES string of the molecule is COC(=O)CNc1ccc(C(=O)N(C)C)cn1.